The Morgan fingerprint density at radius 3 is 2.22 bits per heavy atom. The summed E-state index contributed by atoms with van der Waals surface area (Å²) >= 11 is 0. The molecule has 0 aliphatic carbocycles. The number of fused-ring (bicyclic) bond motifs is 2. The largest absolute Gasteiger partial charge is 0.324 e. The van der Waals surface area contributed by atoms with Gasteiger partial charge >= 0.3 is 0 Å². The van der Waals surface area contributed by atoms with Crippen molar-refractivity contribution in [2.24, 2.45) is 11.8 Å². The average molecular weight is 425 g/mol. The van der Waals surface area contributed by atoms with Crippen molar-refractivity contribution in [3.8, 4) is 0 Å². The molecule has 1 fully saturated rings. The minimum atomic E-state index is -1.09. The van der Waals surface area contributed by atoms with Gasteiger partial charge in [0.15, 0.2) is 5.78 Å². The quantitative estimate of drug-likeness (QED) is 0.558. The van der Waals surface area contributed by atoms with Crippen LogP contribution in [0.25, 0.3) is 0 Å². The average Bonchev–Trinajstić information content (AvgIpc) is 3.29. The highest BCUT2D eigenvalue weighted by Gasteiger charge is 2.64. The lowest BCUT2D eigenvalue weighted by molar-refractivity contribution is -0.122. The number of carbonyl (C=O) groups is 2. The third-order valence-electron chi connectivity index (χ3n) is 6.88. The van der Waals surface area contributed by atoms with E-state index in [0.717, 1.165) is 23.2 Å². The summed E-state index contributed by atoms with van der Waals surface area (Å²) in [6, 6.07) is 27.3. The molecule has 4 atom stereocenters. The maximum absolute atomic E-state index is 14.2. The molecule has 162 valence electrons. The van der Waals surface area contributed by atoms with Crippen molar-refractivity contribution in [1.29, 1.82) is 0 Å². The van der Waals surface area contributed by atoms with E-state index in [1.165, 1.54) is 0 Å². The summed E-state index contributed by atoms with van der Waals surface area (Å²) in [5.41, 5.74) is 2.29. The van der Waals surface area contributed by atoms with E-state index < -0.39 is 11.5 Å². The van der Waals surface area contributed by atoms with Crippen molar-refractivity contribution in [1.82, 2.24) is 5.32 Å². The second kappa shape index (κ2) is 8.03. The maximum atomic E-state index is 14.2. The molecule has 2 N–H and O–H groups in total. The molecule has 3 aromatic rings. The topological polar surface area (TPSA) is 58.2 Å². The van der Waals surface area contributed by atoms with Gasteiger partial charge in [-0.25, -0.2) is 0 Å². The zero-order chi connectivity index (χ0) is 22.3. The first-order chi connectivity index (χ1) is 15.5. The van der Waals surface area contributed by atoms with Crippen LogP contribution >= 0.6 is 0 Å². The number of Topliss-reactive ketones (excluding diaryl/α,β-unsaturated/α-hetero) is 1. The fraction of sp³-hybridized carbons (Fsp3) is 0.286. The zero-order valence-corrected chi connectivity index (χ0v) is 18.4. The van der Waals surface area contributed by atoms with Crippen LogP contribution in [0.5, 0.6) is 0 Å². The molecule has 2 aliphatic heterocycles. The first kappa shape index (κ1) is 20.7. The molecule has 0 saturated carbocycles. The summed E-state index contributed by atoms with van der Waals surface area (Å²) in [5, 5.41) is 6.78. The Morgan fingerprint density at radius 2 is 1.53 bits per heavy atom. The van der Waals surface area contributed by atoms with E-state index in [4.69, 9.17) is 0 Å². The minimum absolute atomic E-state index is 0.00469. The second-order valence-corrected chi connectivity index (χ2v) is 9.33. The van der Waals surface area contributed by atoms with Crippen LogP contribution in [0.3, 0.4) is 0 Å². The predicted molar refractivity (Wildman–Crippen MR) is 127 cm³/mol. The Hall–Kier alpha value is -3.24. The number of benzene rings is 3. The molecule has 3 aromatic carbocycles. The SMILES string of the molecule is CC(C)C[C@H]1N[C@]2(C(=O)Nc3ccccc32)[C@@H](C(=O)c2ccccc2)[C@@H]1c1ccccc1. The summed E-state index contributed by atoms with van der Waals surface area (Å²) in [7, 11) is 0. The molecule has 4 heteroatoms. The number of para-hydroxylation sites is 1. The number of anilines is 1. The third kappa shape index (κ3) is 3.18. The second-order valence-electron chi connectivity index (χ2n) is 9.33. The molecule has 5 rings (SSSR count). The van der Waals surface area contributed by atoms with Crippen molar-refractivity contribution in [2.45, 2.75) is 37.8 Å². The molecule has 4 nitrogen and oxygen atoms in total. The fourth-order valence-corrected chi connectivity index (χ4v) is 5.66. The van der Waals surface area contributed by atoms with Gasteiger partial charge in [-0.3, -0.25) is 14.9 Å². The van der Waals surface area contributed by atoms with Crippen molar-refractivity contribution in [2.75, 3.05) is 5.32 Å². The monoisotopic (exact) mass is 424 g/mol. The Kier molecular flexibility index (Phi) is 5.18. The van der Waals surface area contributed by atoms with Crippen LogP contribution in [0.4, 0.5) is 5.69 Å². The number of hydrogen-bond donors (Lipinski definition) is 2. The van der Waals surface area contributed by atoms with Gasteiger partial charge in [-0.2, -0.15) is 0 Å². The number of nitrogens with one attached hydrogen (secondary N) is 2. The predicted octanol–water partition coefficient (Wildman–Crippen LogP) is 5.13. The normalized spacial score (nSPS) is 26.3. The van der Waals surface area contributed by atoms with Crippen LogP contribution in [0, 0.1) is 11.8 Å². The van der Waals surface area contributed by atoms with Crippen LogP contribution < -0.4 is 10.6 Å². The molecule has 1 saturated heterocycles. The van der Waals surface area contributed by atoms with Crippen molar-refractivity contribution in [3.63, 3.8) is 0 Å². The zero-order valence-electron chi connectivity index (χ0n) is 18.4. The van der Waals surface area contributed by atoms with Crippen LogP contribution in [-0.4, -0.2) is 17.7 Å². The maximum Gasteiger partial charge on any atom is 0.250 e. The molecule has 2 aliphatic rings. The van der Waals surface area contributed by atoms with Gasteiger partial charge in [0.25, 0.3) is 0 Å². The molecule has 2 heterocycles. The van der Waals surface area contributed by atoms with E-state index in [2.05, 4.69) is 36.6 Å². The molecular weight excluding hydrogens is 396 g/mol. The van der Waals surface area contributed by atoms with E-state index in [1.807, 2.05) is 72.8 Å². The van der Waals surface area contributed by atoms with Crippen molar-refractivity contribution < 1.29 is 9.59 Å². The van der Waals surface area contributed by atoms with Gasteiger partial charge in [-0.05, 0) is 24.0 Å². The van der Waals surface area contributed by atoms with Crippen LogP contribution in [0.1, 0.15) is 47.7 Å². The molecular formula is C28H28N2O2. The van der Waals surface area contributed by atoms with Gasteiger partial charge in [-0.15, -0.1) is 0 Å². The number of amides is 1. The Labute approximate surface area is 189 Å². The molecule has 0 radical (unpaired) electrons. The Morgan fingerprint density at radius 1 is 0.906 bits per heavy atom. The molecule has 0 unspecified atom stereocenters. The molecule has 1 spiro atoms. The summed E-state index contributed by atoms with van der Waals surface area (Å²) in [4.78, 5) is 27.8. The first-order valence-corrected chi connectivity index (χ1v) is 11.3. The van der Waals surface area contributed by atoms with Gasteiger partial charge in [0, 0.05) is 28.8 Å². The van der Waals surface area contributed by atoms with Crippen LogP contribution in [0.2, 0.25) is 0 Å². The van der Waals surface area contributed by atoms with Gasteiger partial charge in [0.05, 0.1) is 5.92 Å². The van der Waals surface area contributed by atoms with E-state index in [-0.39, 0.29) is 23.7 Å². The lowest BCUT2D eigenvalue weighted by atomic mass is 9.69. The van der Waals surface area contributed by atoms with E-state index in [9.17, 15) is 9.59 Å². The molecule has 0 bridgehead atoms. The lowest BCUT2D eigenvalue weighted by Gasteiger charge is -2.31. The highest BCUT2D eigenvalue weighted by Crippen LogP contribution is 2.54. The number of carbonyl (C=O) groups excluding carboxylic acids is 2. The highest BCUT2D eigenvalue weighted by atomic mass is 16.2. The minimum Gasteiger partial charge on any atom is -0.324 e. The summed E-state index contributed by atoms with van der Waals surface area (Å²) in [6.07, 6.45) is 0.870. The van der Waals surface area contributed by atoms with Crippen molar-refractivity contribution >= 4 is 17.4 Å². The Bertz CT molecular complexity index is 1140. The highest BCUT2D eigenvalue weighted by molar-refractivity contribution is 6.12. The molecule has 32 heavy (non-hydrogen) atoms. The smallest absolute Gasteiger partial charge is 0.250 e. The van der Waals surface area contributed by atoms with Crippen molar-refractivity contribution in [3.05, 3.63) is 102 Å². The van der Waals surface area contributed by atoms with Crippen LogP contribution in [-0.2, 0) is 10.3 Å². The summed E-state index contributed by atoms with van der Waals surface area (Å²) in [5.74, 6) is -0.394. The first-order valence-electron chi connectivity index (χ1n) is 11.3. The fourth-order valence-electron chi connectivity index (χ4n) is 5.66. The number of ketones is 1. The van der Waals surface area contributed by atoms with E-state index in [0.29, 0.717) is 11.5 Å². The lowest BCUT2D eigenvalue weighted by Crippen LogP contribution is -2.51. The Balaban J connectivity index is 1.74. The van der Waals surface area contributed by atoms with Gasteiger partial charge in [0.1, 0.15) is 5.54 Å². The third-order valence-corrected chi connectivity index (χ3v) is 6.88. The standard InChI is InChI=1S/C28H28N2O2/c1-18(2)17-23-24(19-11-5-3-6-12-19)25(26(31)20-13-7-4-8-14-20)28(30-23)21-15-9-10-16-22(21)29-27(28)32/h3-16,18,23-25,30H,17H2,1-2H3,(H,29,32)/t23-,24-,25-,28+/m1/s1. The van der Waals surface area contributed by atoms with Gasteiger partial charge in [-0.1, -0.05) is 92.7 Å². The number of rotatable bonds is 5. The van der Waals surface area contributed by atoms with Gasteiger partial charge < -0.3 is 5.32 Å². The molecule has 0 aromatic heterocycles. The van der Waals surface area contributed by atoms with E-state index in [1.54, 1.807) is 0 Å². The summed E-state index contributed by atoms with van der Waals surface area (Å²) in [6.45, 7) is 4.37. The van der Waals surface area contributed by atoms with Gasteiger partial charge in [0.2, 0.25) is 5.91 Å². The number of hydrogen-bond acceptors (Lipinski definition) is 3. The van der Waals surface area contributed by atoms with E-state index >= 15 is 0 Å². The van der Waals surface area contributed by atoms with Crippen LogP contribution in [0.15, 0.2) is 84.9 Å². The summed E-state index contributed by atoms with van der Waals surface area (Å²) < 4.78 is 0. The molecule has 1 amide bonds.